The number of rotatable bonds is 7. The summed E-state index contributed by atoms with van der Waals surface area (Å²) in [6.07, 6.45) is 2.01. The van der Waals surface area contributed by atoms with E-state index >= 15 is 0 Å². The minimum absolute atomic E-state index is 0.191. The van der Waals surface area contributed by atoms with Crippen LogP contribution in [0.4, 0.5) is 0 Å². The lowest BCUT2D eigenvalue weighted by Gasteiger charge is -2.20. The van der Waals surface area contributed by atoms with E-state index in [-0.39, 0.29) is 11.5 Å². The van der Waals surface area contributed by atoms with Crippen LogP contribution in [0.2, 0.25) is 0 Å². The topological polar surface area (TPSA) is 119 Å². The summed E-state index contributed by atoms with van der Waals surface area (Å²) in [6.45, 7) is 3.65. The van der Waals surface area contributed by atoms with Crippen LogP contribution in [0.15, 0.2) is 24.5 Å². The second-order valence-electron chi connectivity index (χ2n) is 5.32. The first kappa shape index (κ1) is 17.4. The Hall–Kier alpha value is -2.97. The molecule has 9 nitrogen and oxygen atoms in total. The number of aromatic nitrogens is 4. The fourth-order valence-electron chi connectivity index (χ4n) is 2.19. The average molecular weight is 333 g/mol. The van der Waals surface area contributed by atoms with Crippen LogP contribution < -0.4 is 10.1 Å². The van der Waals surface area contributed by atoms with Gasteiger partial charge in [-0.1, -0.05) is 20.3 Å². The van der Waals surface area contributed by atoms with Gasteiger partial charge in [0, 0.05) is 5.56 Å². The number of nitrogens with zero attached hydrogens (tertiary/aromatic N) is 4. The number of carbonyl (C=O) groups excluding carboxylic acids is 1. The Morgan fingerprint density at radius 1 is 1.42 bits per heavy atom. The van der Waals surface area contributed by atoms with Gasteiger partial charge in [-0.15, -0.1) is 5.10 Å². The van der Waals surface area contributed by atoms with Crippen molar-refractivity contribution in [2.75, 3.05) is 7.11 Å². The molecule has 0 aliphatic heterocycles. The molecule has 0 saturated heterocycles. The Balaban J connectivity index is 2.30. The van der Waals surface area contributed by atoms with Crippen molar-refractivity contribution in [3.05, 3.63) is 30.1 Å². The standard InChI is InChI=1S/C15H19N5O4/c1-4-9(2)13(15(22)23)17-14(21)10-5-6-12(24-3)11(7-10)20-8-16-18-19-20/h5-9,13H,4H2,1-3H3,(H,17,21)(H,22,23)/t9-,13-/m0/s1. The van der Waals surface area contributed by atoms with Crippen LogP contribution in [0, 0.1) is 5.92 Å². The number of hydrogen-bond donors (Lipinski definition) is 2. The van der Waals surface area contributed by atoms with Crippen LogP contribution in [0.25, 0.3) is 5.69 Å². The number of hydrogen-bond acceptors (Lipinski definition) is 6. The Bertz CT molecular complexity index is 717. The van der Waals surface area contributed by atoms with Crippen LogP contribution in [0.3, 0.4) is 0 Å². The highest BCUT2D eigenvalue weighted by Crippen LogP contribution is 2.23. The first-order chi connectivity index (χ1) is 11.5. The van der Waals surface area contributed by atoms with Crippen LogP contribution in [0.1, 0.15) is 30.6 Å². The van der Waals surface area contributed by atoms with Gasteiger partial charge in [-0.25, -0.2) is 4.79 Å². The molecule has 1 amide bonds. The monoisotopic (exact) mass is 333 g/mol. The van der Waals surface area contributed by atoms with Gasteiger partial charge in [-0.05, 0) is 34.5 Å². The van der Waals surface area contributed by atoms with E-state index in [9.17, 15) is 14.7 Å². The minimum Gasteiger partial charge on any atom is -0.494 e. The van der Waals surface area contributed by atoms with Gasteiger partial charge < -0.3 is 15.2 Å². The summed E-state index contributed by atoms with van der Waals surface area (Å²) >= 11 is 0. The van der Waals surface area contributed by atoms with Crippen molar-refractivity contribution in [2.24, 2.45) is 5.92 Å². The molecule has 1 aromatic carbocycles. The Morgan fingerprint density at radius 3 is 2.71 bits per heavy atom. The number of tetrazole rings is 1. The normalized spacial score (nSPS) is 13.1. The second-order valence-corrected chi connectivity index (χ2v) is 5.32. The number of carboxylic acids is 1. The van der Waals surface area contributed by atoms with Crippen LogP contribution in [0.5, 0.6) is 5.75 Å². The van der Waals surface area contributed by atoms with Gasteiger partial charge in [0.15, 0.2) is 0 Å². The summed E-state index contributed by atoms with van der Waals surface area (Å²) in [4.78, 5) is 23.8. The fourth-order valence-corrected chi connectivity index (χ4v) is 2.19. The number of carboxylic acid groups (broad SMARTS) is 1. The smallest absolute Gasteiger partial charge is 0.326 e. The molecule has 0 unspecified atom stereocenters. The van der Waals surface area contributed by atoms with Crippen molar-refractivity contribution in [3.8, 4) is 11.4 Å². The SMILES string of the molecule is CC[C@H](C)[C@H](NC(=O)c1ccc(OC)c(-n2cnnn2)c1)C(=O)O. The molecule has 24 heavy (non-hydrogen) atoms. The van der Waals surface area contributed by atoms with Crippen LogP contribution >= 0.6 is 0 Å². The molecule has 0 fully saturated rings. The first-order valence-electron chi connectivity index (χ1n) is 7.43. The van der Waals surface area contributed by atoms with Crippen molar-refractivity contribution in [1.82, 2.24) is 25.5 Å². The zero-order chi connectivity index (χ0) is 17.7. The molecular formula is C15H19N5O4. The second kappa shape index (κ2) is 7.53. The molecule has 1 aromatic heterocycles. The predicted octanol–water partition coefficient (Wildman–Crippen LogP) is 0.900. The van der Waals surface area contributed by atoms with E-state index in [1.807, 2.05) is 6.92 Å². The van der Waals surface area contributed by atoms with Crippen LogP contribution in [-0.2, 0) is 4.79 Å². The van der Waals surface area contributed by atoms with Gasteiger partial charge in [0.25, 0.3) is 5.91 Å². The van der Waals surface area contributed by atoms with E-state index < -0.39 is 17.9 Å². The van der Waals surface area contributed by atoms with Gasteiger partial charge in [0.05, 0.1) is 7.11 Å². The maximum atomic E-state index is 12.4. The molecule has 0 aliphatic carbocycles. The van der Waals surface area contributed by atoms with Crippen molar-refractivity contribution in [1.29, 1.82) is 0 Å². The molecule has 0 aliphatic rings. The molecule has 1 heterocycles. The number of methoxy groups -OCH3 is 1. The third kappa shape index (κ3) is 3.67. The van der Waals surface area contributed by atoms with Gasteiger partial charge in [0.2, 0.25) is 0 Å². The van der Waals surface area contributed by atoms with Gasteiger partial charge in [-0.2, -0.15) is 4.68 Å². The highest BCUT2D eigenvalue weighted by Gasteiger charge is 2.26. The number of benzene rings is 1. The third-order valence-electron chi connectivity index (χ3n) is 3.80. The van der Waals surface area contributed by atoms with E-state index in [0.29, 0.717) is 17.9 Å². The molecule has 2 rings (SSSR count). The van der Waals surface area contributed by atoms with E-state index in [2.05, 4.69) is 20.8 Å². The summed E-state index contributed by atoms with van der Waals surface area (Å²) in [5.74, 6) is -1.26. The van der Waals surface area contributed by atoms with Crippen molar-refractivity contribution in [2.45, 2.75) is 26.3 Å². The minimum atomic E-state index is -1.06. The predicted molar refractivity (Wildman–Crippen MR) is 84.1 cm³/mol. The summed E-state index contributed by atoms with van der Waals surface area (Å²) in [7, 11) is 1.49. The Kier molecular flexibility index (Phi) is 5.46. The largest absolute Gasteiger partial charge is 0.494 e. The van der Waals surface area contributed by atoms with E-state index in [1.54, 1.807) is 25.1 Å². The number of carbonyl (C=O) groups is 2. The summed E-state index contributed by atoms with van der Waals surface area (Å²) in [5, 5.41) is 22.7. The lowest BCUT2D eigenvalue weighted by atomic mass is 9.99. The average Bonchev–Trinajstić information content (AvgIpc) is 3.12. The summed E-state index contributed by atoms with van der Waals surface area (Å²) < 4.78 is 6.60. The quantitative estimate of drug-likeness (QED) is 0.772. The van der Waals surface area contributed by atoms with E-state index in [4.69, 9.17) is 4.74 Å². The molecule has 0 radical (unpaired) electrons. The maximum absolute atomic E-state index is 12.4. The highest BCUT2D eigenvalue weighted by atomic mass is 16.5. The molecule has 128 valence electrons. The maximum Gasteiger partial charge on any atom is 0.326 e. The van der Waals surface area contributed by atoms with E-state index in [0.717, 1.165) is 0 Å². The molecule has 2 aromatic rings. The molecule has 2 N–H and O–H groups in total. The molecular weight excluding hydrogens is 314 g/mol. The molecule has 0 bridgehead atoms. The third-order valence-corrected chi connectivity index (χ3v) is 3.80. The highest BCUT2D eigenvalue weighted by molar-refractivity contribution is 5.97. The lowest BCUT2D eigenvalue weighted by molar-refractivity contribution is -0.140. The summed E-state index contributed by atoms with van der Waals surface area (Å²) in [5.41, 5.74) is 0.765. The lowest BCUT2D eigenvalue weighted by Crippen LogP contribution is -2.45. The number of ether oxygens (including phenoxy) is 1. The fraction of sp³-hybridized carbons (Fsp3) is 0.400. The Morgan fingerprint density at radius 2 is 2.17 bits per heavy atom. The number of aliphatic carboxylic acids is 1. The molecule has 0 spiro atoms. The molecule has 0 saturated carbocycles. The van der Waals surface area contributed by atoms with Gasteiger partial charge in [0.1, 0.15) is 23.8 Å². The zero-order valence-electron chi connectivity index (χ0n) is 13.6. The zero-order valence-corrected chi connectivity index (χ0v) is 13.6. The van der Waals surface area contributed by atoms with Crippen molar-refractivity contribution in [3.63, 3.8) is 0 Å². The first-order valence-corrected chi connectivity index (χ1v) is 7.43. The molecule has 9 heteroatoms. The molecule has 2 atom stereocenters. The summed E-state index contributed by atoms with van der Waals surface area (Å²) in [6, 6.07) is 3.74. The Labute approximate surface area is 138 Å². The number of amides is 1. The van der Waals surface area contributed by atoms with Crippen molar-refractivity contribution < 1.29 is 19.4 Å². The number of nitrogens with one attached hydrogen (secondary N) is 1. The van der Waals surface area contributed by atoms with Gasteiger partial charge >= 0.3 is 5.97 Å². The van der Waals surface area contributed by atoms with Gasteiger partial charge in [-0.3, -0.25) is 4.79 Å². The van der Waals surface area contributed by atoms with E-state index in [1.165, 1.54) is 18.1 Å². The van der Waals surface area contributed by atoms with Crippen LogP contribution in [-0.4, -0.2) is 50.3 Å². The van der Waals surface area contributed by atoms with Crippen molar-refractivity contribution >= 4 is 11.9 Å².